The van der Waals surface area contributed by atoms with Gasteiger partial charge in [-0.3, -0.25) is 0 Å². The summed E-state index contributed by atoms with van der Waals surface area (Å²) in [4.78, 5) is 18.3. The Hall–Kier alpha value is -2.03. The number of alkyl halides is 3. The molecule has 0 aliphatic rings. The Morgan fingerprint density at radius 3 is 2.65 bits per heavy atom. The first kappa shape index (κ1) is 17.3. The van der Waals surface area contributed by atoms with Crippen molar-refractivity contribution in [1.82, 2.24) is 9.97 Å². The van der Waals surface area contributed by atoms with E-state index in [9.17, 15) is 23.1 Å². The number of para-hydroxylation sites is 1. The monoisotopic (exact) mass is 345 g/mol. The van der Waals surface area contributed by atoms with E-state index in [-0.39, 0.29) is 17.8 Å². The van der Waals surface area contributed by atoms with E-state index >= 15 is 0 Å². The van der Waals surface area contributed by atoms with Crippen LogP contribution in [0.1, 0.15) is 12.2 Å². The van der Waals surface area contributed by atoms with Gasteiger partial charge in [0.1, 0.15) is 11.9 Å². The van der Waals surface area contributed by atoms with Crippen molar-refractivity contribution in [2.45, 2.75) is 18.6 Å². The number of aliphatic carboxylic acids is 1. The van der Waals surface area contributed by atoms with E-state index < -0.39 is 24.0 Å². The van der Waals surface area contributed by atoms with Gasteiger partial charge in [0.05, 0.1) is 5.52 Å². The van der Waals surface area contributed by atoms with Crippen molar-refractivity contribution in [1.29, 1.82) is 0 Å². The molecule has 0 spiro atoms. The average Bonchev–Trinajstić information content (AvgIpc) is 2.49. The molecule has 0 amide bonds. The quantitative estimate of drug-likeness (QED) is 0.837. The Morgan fingerprint density at radius 2 is 2.04 bits per heavy atom. The molecule has 0 bridgehead atoms. The third-order valence-electron chi connectivity index (χ3n) is 3.08. The number of nitrogens with zero attached hydrogens (tertiary/aromatic N) is 2. The first-order chi connectivity index (χ1) is 10.8. The summed E-state index contributed by atoms with van der Waals surface area (Å²) in [5.41, 5.74) is 0.103. The van der Waals surface area contributed by atoms with Crippen molar-refractivity contribution in [2.24, 2.45) is 0 Å². The van der Waals surface area contributed by atoms with Crippen LogP contribution >= 0.6 is 11.8 Å². The van der Waals surface area contributed by atoms with Gasteiger partial charge < -0.3 is 10.4 Å². The molecule has 0 saturated carbocycles. The van der Waals surface area contributed by atoms with Crippen LogP contribution in [0.25, 0.3) is 10.9 Å². The molecule has 0 radical (unpaired) electrons. The normalized spacial score (nSPS) is 13.0. The lowest BCUT2D eigenvalue weighted by atomic mass is 10.2. The van der Waals surface area contributed by atoms with Gasteiger partial charge in [0.15, 0.2) is 0 Å². The topological polar surface area (TPSA) is 75.1 Å². The number of halogens is 3. The number of hydrogen-bond donors (Lipinski definition) is 2. The van der Waals surface area contributed by atoms with Crippen LogP contribution in [0.15, 0.2) is 24.3 Å². The molecule has 1 unspecified atom stereocenters. The second kappa shape index (κ2) is 7.03. The minimum absolute atomic E-state index is 0.103. The summed E-state index contributed by atoms with van der Waals surface area (Å²) in [5.74, 6) is -2.02. The third kappa shape index (κ3) is 4.25. The number of thioether (sulfide) groups is 1. The molecule has 5 nitrogen and oxygen atoms in total. The molecule has 23 heavy (non-hydrogen) atoms. The zero-order valence-corrected chi connectivity index (χ0v) is 12.9. The van der Waals surface area contributed by atoms with Crippen molar-refractivity contribution in [2.75, 3.05) is 17.3 Å². The minimum Gasteiger partial charge on any atom is -0.480 e. The molecule has 0 aliphatic heterocycles. The highest BCUT2D eigenvalue weighted by atomic mass is 32.2. The first-order valence-electron chi connectivity index (χ1n) is 6.65. The summed E-state index contributed by atoms with van der Waals surface area (Å²) >= 11 is 1.45. The summed E-state index contributed by atoms with van der Waals surface area (Å²) in [6.07, 6.45) is -2.63. The second-order valence-corrected chi connectivity index (χ2v) is 5.71. The molecule has 1 heterocycles. The molecule has 0 saturated heterocycles. The zero-order valence-electron chi connectivity index (χ0n) is 12.1. The smallest absolute Gasteiger partial charge is 0.451 e. The molecule has 2 aromatic rings. The molecule has 2 N–H and O–H groups in total. The van der Waals surface area contributed by atoms with Crippen molar-refractivity contribution in [3.63, 3.8) is 0 Å². The van der Waals surface area contributed by atoms with E-state index in [4.69, 9.17) is 0 Å². The fourth-order valence-corrected chi connectivity index (χ4v) is 2.44. The number of carbonyl (C=O) groups is 1. The lowest BCUT2D eigenvalue weighted by Gasteiger charge is -2.17. The maximum Gasteiger partial charge on any atom is 0.451 e. The van der Waals surface area contributed by atoms with Crippen LogP contribution in [0.2, 0.25) is 0 Å². The van der Waals surface area contributed by atoms with Crippen LogP contribution in [0.3, 0.4) is 0 Å². The van der Waals surface area contributed by atoms with Crippen molar-refractivity contribution < 1.29 is 23.1 Å². The van der Waals surface area contributed by atoms with Gasteiger partial charge in [0.25, 0.3) is 0 Å². The highest BCUT2D eigenvalue weighted by molar-refractivity contribution is 7.98. The number of fused-ring (bicyclic) bond motifs is 1. The molecule has 1 aromatic heterocycles. The Labute approximate surface area is 134 Å². The third-order valence-corrected chi connectivity index (χ3v) is 3.72. The van der Waals surface area contributed by atoms with Crippen molar-refractivity contribution in [3.05, 3.63) is 30.1 Å². The molecule has 0 aliphatic carbocycles. The van der Waals surface area contributed by atoms with Gasteiger partial charge in [-0.1, -0.05) is 12.1 Å². The van der Waals surface area contributed by atoms with Gasteiger partial charge in [0.2, 0.25) is 5.82 Å². The van der Waals surface area contributed by atoms with E-state index in [2.05, 4.69) is 15.3 Å². The number of benzene rings is 1. The second-order valence-electron chi connectivity index (χ2n) is 4.73. The summed E-state index contributed by atoms with van der Waals surface area (Å²) < 4.78 is 38.8. The number of hydrogen-bond acceptors (Lipinski definition) is 5. The lowest BCUT2D eigenvalue weighted by Crippen LogP contribution is -2.30. The number of rotatable bonds is 6. The highest BCUT2D eigenvalue weighted by Gasteiger charge is 2.36. The number of carboxylic acids is 1. The molecule has 1 atom stereocenters. The Kier molecular flexibility index (Phi) is 5.30. The van der Waals surface area contributed by atoms with Crippen LogP contribution in [0.5, 0.6) is 0 Å². The fraction of sp³-hybridized carbons (Fsp3) is 0.357. The summed E-state index contributed by atoms with van der Waals surface area (Å²) in [7, 11) is 0. The molecule has 0 fully saturated rings. The largest absolute Gasteiger partial charge is 0.480 e. The van der Waals surface area contributed by atoms with Crippen LogP contribution in [0, 0.1) is 0 Å². The number of carboxylic acid groups (broad SMARTS) is 1. The Balaban J connectivity index is 2.46. The zero-order chi connectivity index (χ0) is 17.0. The molecular weight excluding hydrogens is 331 g/mol. The molecule has 124 valence electrons. The average molecular weight is 345 g/mol. The number of aromatic nitrogens is 2. The van der Waals surface area contributed by atoms with Gasteiger partial charge in [0, 0.05) is 5.39 Å². The maximum atomic E-state index is 12.9. The summed E-state index contributed by atoms with van der Waals surface area (Å²) in [6.45, 7) is 0. The predicted octanol–water partition coefficient (Wildman–Crippen LogP) is 3.27. The molecular formula is C14H14F3N3O2S. The van der Waals surface area contributed by atoms with Gasteiger partial charge >= 0.3 is 12.1 Å². The highest BCUT2D eigenvalue weighted by Crippen LogP contribution is 2.30. The molecule has 9 heteroatoms. The SMILES string of the molecule is CSCCC(Nc1nc(C(F)(F)F)nc2ccccc12)C(=O)O. The van der Waals surface area contributed by atoms with Crippen molar-refractivity contribution >= 4 is 34.5 Å². The van der Waals surface area contributed by atoms with Crippen LogP contribution < -0.4 is 5.32 Å². The van der Waals surface area contributed by atoms with Gasteiger partial charge in [-0.2, -0.15) is 24.9 Å². The lowest BCUT2D eigenvalue weighted by molar-refractivity contribution is -0.144. The van der Waals surface area contributed by atoms with Crippen LogP contribution in [0.4, 0.5) is 19.0 Å². The Morgan fingerprint density at radius 1 is 1.35 bits per heavy atom. The van der Waals surface area contributed by atoms with E-state index in [0.29, 0.717) is 11.1 Å². The Bertz CT molecular complexity index is 709. The van der Waals surface area contributed by atoms with Gasteiger partial charge in [-0.05, 0) is 30.6 Å². The minimum atomic E-state index is -4.71. The number of nitrogens with one attached hydrogen (secondary N) is 1. The fourth-order valence-electron chi connectivity index (χ4n) is 1.97. The molecule has 2 rings (SSSR count). The van der Waals surface area contributed by atoms with E-state index in [0.717, 1.165) is 0 Å². The van der Waals surface area contributed by atoms with Gasteiger partial charge in [-0.25, -0.2) is 14.8 Å². The van der Waals surface area contributed by atoms with Crippen LogP contribution in [-0.2, 0) is 11.0 Å². The number of anilines is 1. The first-order valence-corrected chi connectivity index (χ1v) is 8.04. The standard InChI is InChI=1S/C14H14F3N3O2S/c1-23-7-6-10(12(21)22)18-11-8-4-2-3-5-9(8)19-13(20-11)14(15,16)17/h2-5,10H,6-7H2,1H3,(H,21,22)(H,18,19,20). The van der Waals surface area contributed by atoms with Crippen molar-refractivity contribution in [3.8, 4) is 0 Å². The van der Waals surface area contributed by atoms with E-state index in [1.165, 1.54) is 17.8 Å². The van der Waals surface area contributed by atoms with Crippen LogP contribution in [-0.4, -0.2) is 39.1 Å². The predicted molar refractivity (Wildman–Crippen MR) is 82.6 cm³/mol. The van der Waals surface area contributed by atoms with Gasteiger partial charge in [-0.15, -0.1) is 0 Å². The van der Waals surface area contributed by atoms with E-state index in [1.54, 1.807) is 18.2 Å². The van der Waals surface area contributed by atoms with E-state index in [1.807, 2.05) is 6.26 Å². The maximum absolute atomic E-state index is 12.9. The summed E-state index contributed by atoms with van der Waals surface area (Å²) in [5, 5.41) is 12.2. The summed E-state index contributed by atoms with van der Waals surface area (Å²) in [6, 6.07) is 5.13. The molecule has 1 aromatic carbocycles.